The van der Waals surface area contributed by atoms with Crippen LogP contribution in [0.4, 0.5) is 0 Å². The monoisotopic (exact) mass is 308 g/mol. The molecule has 0 spiro atoms. The topological polar surface area (TPSA) is 0 Å². The first kappa shape index (κ1) is 20.0. The highest BCUT2D eigenvalue weighted by Gasteiger charge is 2.42. The number of unbranched alkanes of at least 4 members (excludes halogenated alkanes) is 1. The van der Waals surface area contributed by atoms with Gasteiger partial charge in [-0.05, 0) is 60.2 Å². The first-order valence-corrected chi connectivity index (χ1v) is 10.2. The van der Waals surface area contributed by atoms with Crippen LogP contribution in [0, 0.1) is 40.9 Å². The Balaban J connectivity index is 2.88. The summed E-state index contributed by atoms with van der Waals surface area (Å²) in [6, 6.07) is 0. The van der Waals surface area contributed by atoms with Crippen LogP contribution in [0.15, 0.2) is 0 Å². The molecule has 0 aliphatic heterocycles. The fourth-order valence-electron chi connectivity index (χ4n) is 4.99. The summed E-state index contributed by atoms with van der Waals surface area (Å²) >= 11 is 0. The molecule has 0 aromatic rings. The van der Waals surface area contributed by atoms with Gasteiger partial charge in [0.15, 0.2) is 0 Å². The normalized spacial score (nSPS) is 29.0. The minimum Gasteiger partial charge on any atom is -0.0654 e. The average molecular weight is 309 g/mol. The van der Waals surface area contributed by atoms with Gasteiger partial charge in [-0.1, -0.05) is 81.1 Å². The van der Waals surface area contributed by atoms with E-state index in [2.05, 4.69) is 55.4 Å². The van der Waals surface area contributed by atoms with Crippen molar-refractivity contribution in [3.05, 3.63) is 0 Å². The van der Waals surface area contributed by atoms with Crippen LogP contribution in [0.2, 0.25) is 0 Å². The summed E-state index contributed by atoms with van der Waals surface area (Å²) in [6.45, 7) is 19.5. The van der Waals surface area contributed by atoms with Crippen LogP contribution >= 0.6 is 0 Å². The lowest BCUT2D eigenvalue weighted by Gasteiger charge is -2.38. The minimum absolute atomic E-state index is 0.469. The molecule has 5 atom stereocenters. The molecule has 0 radical (unpaired) electrons. The van der Waals surface area contributed by atoms with Crippen molar-refractivity contribution < 1.29 is 0 Å². The van der Waals surface area contributed by atoms with Gasteiger partial charge in [0.25, 0.3) is 0 Å². The number of hydrogen-bond donors (Lipinski definition) is 0. The Bertz CT molecular complexity index is 296. The molecule has 0 aromatic carbocycles. The van der Waals surface area contributed by atoms with Crippen LogP contribution in [0.25, 0.3) is 0 Å². The van der Waals surface area contributed by atoms with Gasteiger partial charge in [0.2, 0.25) is 0 Å². The molecule has 22 heavy (non-hydrogen) atoms. The summed E-state index contributed by atoms with van der Waals surface area (Å²) in [7, 11) is 0. The van der Waals surface area contributed by atoms with Crippen LogP contribution in [0.3, 0.4) is 0 Å². The fourth-order valence-corrected chi connectivity index (χ4v) is 4.99. The van der Waals surface area contributed by atoms with Crippen molar-refractivity contribution in [2.75, 3.05) is 0 Å². The molecule has 0 aromatic heterocycles. The molecular weight excluding hydrogens is 264 g/mol. The Hall–Kier alpha value is 0. The molecule has 0 saturated heterocycles. The largest absolute Gasteiger partial charge is 0.0654 e. The number of rotatable bonds is 8. The molecule has 0 heterocycles. The van der Waals surface area contributed by atoms with E-state index >= 15 is 0 Å². The molecule has 1 fully saturated rings. The zero-order chi connectivity index (χ0) is 16.9. The molecule has 1 saturated carbocycles. The van der Waals surface area contributed by atoms with Gasteiger partial charge in [-0.3, -0.25) is 0 Å². The maximum Gasteiger partial charge on any atom is -0.0350 e. The van der Waals surface area contributed by atoms with E-state index in [1.165, 1.54) is 44.9 Å². The van der Waals surface area contributed by atoms with Crippen molar-refractivity contribution in [2.45, 2.75) is 100 Å². The lowest BCUT2D eigenvalue weighted by molar-refractivity contribution is 0.112. The van der Waals surface area contributed by atoms with E-state index in [0.717, 1.165) is 35.5 Å². The van der Waals surface area contributed by atoms with Crippen LogP contribution in [0.1, 0.15) is 100 Å². The molecule has 1 aliphatic rings. The van der Waals surface area contributed by atoms with Gasteiger partial charge < -0.3 is 0 Å². The predicted octanol–water partition coefficient (Wildman–Crippen LogP) is 7.57. The lowest BCUT2D eigenvalue weighted by atomic mass is 9.67. The van der Waals surface area contributed by atoms with Gasteiger partial charge >= 0.3 is 0 Å². The van der Waals surface area contributed by atoms with Crippen LogP contribution in [-0.4, -0.2) is 0 Å². The quantitative estimate of drug-likeness (QED) is 0.433. The molecule has 132 valence electrons. The third kappa shape index (κ3) is 5.89. The predicted molar refractivity (Wildman–Crippen MR) is 101 cm³/mol. The molecule has 0 amide bonds. The number of hydrogen-bond acceptors (Lipinski definition) is 0. The van der Waals surface area contributed by atoms with Gasteiger partial charge in [0.1, 0.15) is 0 Å². The van der Waals surface area contributed by atoms with Crippen LogP contribution in [-0.2, 0) is 0 Å². The van der Waals surface area contributed by atoms with E-state index in [1.807, 2.05) is 0 Å². The Kier molecular flexibility index (Phi) is 7.96. The maximum atomic E-state index is 2.52. The van der Waals surface area contributed by atoms with Gasteiger partial charge in [-0.2, -0.15) is 0 Å². The van der Waals surface area contributed by atoms with Crippen molar-refractivity contribution in [1.82, 2.24) is 0 Å². The molecule has 0 N–H and O–H groups in total. The summed E-state index contributed by atoms with van der Waals surface area (Å²) < 4.78 is 0. The van der Waals surface area contributed by atoms with Crippen LogP contribution in [0.5, 0.6) is 0 Å². The summed E-state index contributed by atoms with van der Waals surface area (Å²) in [6.07, 6.45) is 10.1. The molecule has 5 unspecified atom stereocenters. The third-order valence-corrected chi connectivity index (χ3v) is 6.36. The van der Waals surface area contributed by atoms with E-state index in [0.29, 0.717) is 5.41 Å². The first-order chi connectivity index (χ1) is 10.2. The smallest absolute Gasteiger partial charge is 0.0350 e. The lowest BCUT2D eigenvalue weighted by Crippen LogP contribution is -2.30. The van der Waals surface area contributed by atoms with E-state index in [4.69, 9.17) is 0 Å². The summed E-state index contributed by atoms with van der Waals surface area (Å²) in [4.78, 5) is 0. The van der Waals surface area contributed by atoms with Crippen molar-refractivity contribution >= 4 is 0 Å². The summed E-state index contributed by atoms with van der Waals surface area (Å²) in [5.41, 5.74) is 0.469. The average Bonchev–Trinajstić information content (AvgIpc) is 2.84. The molecule has 0 nitrogen and oxygen atoms in total. The van der Waals surface area contributed by atoms with Crippen molar-refractivity contribution in [3.63, 3.8) is 0 Å². The van der Waals surface area contributed by atoms with Gasteiger partial charge in [-0.25, -0.2) is 0 Å². The highest BCUT2D eigenvalue weighted by atomic mass is 14.5. The zero-order valence-electron chi connectivity index (χ0n) is 16.9. The van der Waals surface area contributed by atoms with E-state index < -0.39 is 0 Å². The Morgan fingerprint density at radius 1 is 0.955 bits per heavy atom. The van der Waals surface area contributed by atoms with Gasteiger partial charge in [0, 0.05) is 0 Å². The van der Waals surface area contributed by atoms with E-state index in [-0.39, 0.29) is 0 Å². The van der Waals surface area contributed by atoms with Crippen molar-refractivity contribution in [3.8, 4) is 0 Å². The van der Waals surface area contributed by atoms with Crippen LogP contribution < -0.4 is 0 Å². The molecule has 1 aliphatic carbocycles. The van der Waals surface area contributed by atoms with Gasteiger partial charge in [0.05, 0.1) is 0 Å². The fraction of sp³-hybridized carbons (Fsp3) is 1.00. The van der Waals surface area contributed by atoms with Gasteiger partial charge in [-0.15, -0.1) is 0 Å². The first-order valence-electron chi connectivity index (χ1n) is 10.2. The molecular formula is C22H44. The minimum atomic E-state index is 0.469. The van der Waals surface area contributed by atoms with Crippen molar-refractivity contribution in [2.24, 2.45) is 40.9 Å². The molecule has 1 rings (SSSR count). The van der Waals surface area contributed by atoms with Crippen molar-refractivity contribution in [1.29, 1.82) is 0 Å². The highest BCUT2D eigenvalue weighted by Crippen LogP contribution is 2.50. The molecule has 0 heteroatoms. The molecule has 0 bridgehead atoms. The zero-order valence-corrected chi connectivity index (χ0v) is 16.9. The Labute approximate surface area is 141 Å². The second kappa shape index (κ2) is 8.74. The summed E-state index contributed by atoms with van der Waals surface area (Å²) in [5.74, 6) is 5.66. The SMILES string of the molecule is CCCCC1CC(C(C)C)C(C(CC(C)(C)C)C(C)CC)C1. The maximum absolute atomic E-state index is 2.52. The Morgan fingerprint density at radius 2 is 1.55 bits per heavy atom. The highest BCUT2D eigenvalue weighted by molar-refractivity contribution is 4.91. The van der Waals surface area contributed by atoms with E-state index in [1.54, 1.807) is 0 Å². The second-order valence-corrected chi connectivity index (χ2v) is 9.87. The van der Waals surface area contributed by atoms with E-state index in [9.17, 15) is 0 Å². The second-order valence-electron chi connectivity index (χ2n) is 9.87. The third-order valence-electron chi connectivity index (χ3n) is 6.36. The Morgan fingerprint density at radius 3 is 2.00 bits per heavy atom. The standard InChI is InChI=1S/C22H44/c1-9-11-12-18-13-19(16(3)4)20(14-18)21(17(5)10-2)15-22(6,7)8/h16-21H,9-15H2,1-8H3. The summed E-state index contributed by atoms with van der Waals surface area (Å²) in [5, 5.41) is 0.